The number of carboxylic acid groups (broad SMARTS) is 1. The Kier molecular flexibility index (Phi) is 2.42. The third-order valence-electron chi connectivity index (χ3n) is 2.82. The topological polar surface area (TPSA) is 37.3 Å². The summed E-state index contributed by atoms with van der Waals surface area (Å²) in [4.78, 5) is 10.5. The minimum absolute atomic E-state index is 0.361. The molecule has 15 heavy (non-hydrogen) atoms. The molecule has 2 unspecified atom stereocenters. The molecular weight excluding hydrogens is 202 g/mol. The first-order valence-electron chi connectivity index (χ1n) is 4.75. The SMILES string of the molecule is O=C(O)C(F)C1CCc2cc(F)ccc21. The molecule has 1 aromatic carbocycles. The highest BCUT2D eigenvalue weighted by atomic mass is 19.1. The monoisotopic (exact) mass is 212 g/mol. The van der Waals surface area contributed by atoms with Crippen molar-refractivity contribution in [3.05, 3.63) is 35.1 Å². The van der Waals surface area contributed by atoms with Crippen molar-refractivity contribution in [1.29, 1.82) is 0 Å². The molecule has 0 saturated carbocycles. The molecule has 2 rings (SSSR count). The fourth-order valence-corrected chi connectivity index (χ4v) is 2.10. The quantitative estimate of drug-likeness (QED) is 0.816. The van der Waals surface area contributed by atoms with Crippen LogP contribution in [-0.2, 0) is 11.2 Å². The maximum Gasteiger partial charge on any atom is 0.338 e. The first kappa shape index (κ1) is 10.1. The Balaban J connectivity index is 2.32. The van der Waals surface area contributed by atoms with E-state index in [-0.39, 0.29) is 5.82 Å². The first-order valence-corrected chi connectivity index (χ1v) is 4.75. The van der Waals surface area contributed by atoms with Crippen LogP contribution in [0.4, 0.5) is 8.78 Å². The van der Waals surface area contributed by atoms with Gasteiger partial charge in [0.15, 0.2) is 0 Å². The van der Waals surface area contributed by atoms with Crippen molar-refractivity contribution in [3.63, 3.8) is 0 Å². The molecule has 0 radical (unpaired) electrons. The van der Waals surface area contributed by atoms with E-state index in [2.05, 4.69) is 0 Å². The van der Waals surface area contributed by atoms with Crippen LogP contribution in [0, 0.1) is 5.82 Å². The van der Waals surface area contributed by atoms with Crippen LogP contribution in [0.25, 0.3) is 0 Å². The molecule has 2 nitrogen and oxygen atoms in total. The second-order valence-corrected chi connectivity index (χ2v) is 3.73. The van der Waals surface area contributed by atoms with E-state index in [1.54, 1.807) is 0 Å². The Labute approximate surface area is 85.5 Å². The molecule has 80 valence electrons. The molecule has 0 saturated heterocycles. The summed E-state index contributed by atoms with van der Waals surface area (Å²) in [6.07, 6.45) is -0.908. The third-order valence-corrected chi connectivity index (χ3v) is 2.82. The van der Waals surface area contributed by atoms with Gasteiger partial charge in [0, 0.05) is 5.92 Å². The highest BCUT2D eigenvalue weighted by Gasteiger charge is 2.34. The normalized spacial score (nSPS) is 21.1. The van der Waals surface area contributed by atoms with E-state index in [0.29, 0.717) is 18.4 Å². The van der Waals surface area contributed by atoms with Crippen molar-refractivity contribution in [3.8, 4) is 0 Å². The number of benzene rings is 1. The van der Waals surface area contributed by atoms with E-state index in [9.17, 15) is 13.6 Å². The minimum Gasteiger partial charge on any atom is -0.479 e. The van der Waals surface area contributed by atoms with Crippen molar-refractivity contribution in [2.24, 2.45) is 0 Å². The summed E-state index contributed by atoms with van der Waals surface area (Å²) in [7, 11) is 0. The van der Waals surface area contributed by atoms with E-state index in [0.717, 1.165) is 5.56 Å². The van der Waals surface area contributed by atoms with Gasteiger partial charge < -0.3 is 5.11 Å². The highest BCUT2D eigenvalue weighted by Crippen LogP contribution is 2.37. The van der Waals surface area contributed by atoms with Gasteiger partial charge in [-0.1, -0.05) is 6.07 Å². The molecule has 0 bridgehead atoms. The smallest absolute Gasteiger partial charge is 0.338 e. The second-order valence-electron chi connectivity index (χ2n) is 3.73. The Morgan fingerprint density at radius 2 is 2.27 bits per heavy atom. The molecule has 1 aliphatic rings. The molecule has 4 heteroatoms. The lowest BCUT2D eigenvalue weighted by Gasteiger charge is -2.12. The third kappa shape index (κ3) is 1.71. The van der Waals surface area contributed by atoms with Crippen molar-refractivity contribution in [2.45, 2.75) is 24.9 Å². The zero-order valence-corrected chi connectivity index (χ0v) is 7.91. The molecule has 0 fully saturated rings. The highest BCUT2D eigenvalue weighted by molar-refractivity contribution is 5.74. The van der Waals surface area contributed by atoms with E-state index in [1.807, 2.05) is 0 Å². The first-order chi connectivity index (χ1) is 7.09. The number of aryl methyl sites for hydroxylation is 1. The zero-order valence-electron chi connectivity index (χ0n) is 7.91. The van der Waals surface area contributed by atoms with Crippen LogP contribution in [0.1, 0.15) is 23.5 Å². The summed E-state index contributed by atoms with van der Waals surface area (Å²) >= 11 is 0. The lowest BCUT2D eigenvalue weighted by atomic mass is 9.96. The summed E-state index contributed by atoms with van der Waals surface area (Å²) < 4.78 is 26.2. The molecular formula is C11H10F2O2. The summed E-state index contributed by atoms with van der Waals surface area (Å²) in [6, 6.07) is 4.08. The molecule has 0 aromatic heterocycles. The van der Waals surface area contributed by atoms with Gasteiger partial charge >= 0.3 is 5.97 Å². The number of fused-ring (bicyclic) bond motifs is 1. The van der Waals surface area contributed by atoms with Gasteiger partial charge in [-0.3, -0.25) is 0 Å². The summed E-state index contributed by atoms with van der Waals surface area (Å²) in [5.74, 6) is -2.43. The molecule has 2 atom stereocenters. The van der Waals surface area contributed by atoms with Crippen LogP contribution in [0.5, 0.6) is 0 Å². The van der Waals surface area contributed by atoms with Crippen molar-refractivity contribution in [2.75, 3.05) is 0 Å². The Hall–Kier alpha value is -1.45. The summed E-state index contributed by atoms with van der Waals surface area (Å²) in [5, 5.41) is 8.57. The number of alkyl halides is 1. The molecule has 0 aliphatic heterocycles. The standard InChI is InChI=1S/C11H10F2O2/c12-7-2-4-8-6(5-7)1-3-9(8)10(13)11(14)15/h2,4-5,9-10H,1,3H2,(H,14,15). The van der Waals surface area contributed by atoms with Crippen molar-refractivity contribution < 1.29 is 18.7 Å². The van der Waals surface area contributed by atoms with Gasteiger partial charge in [-0.2, -0.15) is 0 Å². The second kappa shape index (κ2) is 3.61. The van der Waals surface area contributed by atoms with Gasteiger partial charge in [0.25, 0.3) is 0 Å². The van der Waals surface area contributed by atoms with Crippen LogP contribution < -0.4 is 0 Å². The Bertz CT molecular complexity index is 404. The molecule has 0 heterocycles. The average molecular weight is 212 g/mol. The van der Waals surface area contributed by atoms with Crippen LogP contribution in [0.3, 0.4) is 0 Å². The predicted molar refractivity (Wildman–Crippen MR) is 50.0 cm³/mol. The van der Waals surface area contributed by atoms with Gasteiger partial charge in [-0.25, -0.2) is 13.6 Å². The van der Waals surface area contributed by atoms with Crippen molar-refractivity contribution in [1.82, 2.24) is 0 Å². The van der Waals surface area contributed by atoms with Crippen LogP contribution in [0.15, 0.2) is 18.2 Å². The fraction of sp³-hybridized carbons (Fsp3) is 0.364. The lowest BCUT2D eigenvalue weighted by Crippen LogP contribution is -2.21. The van der Waals surface area contributed by atoms with Gasteiger partial charge in [0.05, 0.1) is 0 Å². The number of hydrogen-bond acceptors (Lipinski definition) is 1. The van der Waals surface area contributed by atoms with E-state index in [4.69, 9.17) is 5.11 Å². The van der Waals surface area contributed by atoms with Gasteiger partial charge in [0.2, 0.25) is 6.17 Å². The van der Waals surface area contributed by atoms with Crippen molar-refractivity contribution >= 4 is 5.97 Å². The van der Waals surface area contributed by atoms with Crippen LogP contribution >= 0.6 is 0 Å². The van der Waals surface area contributed by atoms with E-state index in [1.165, 1.54) is 18.2 Å². The number of rotatable bonds is 2. The van der Waals surface area contributed by atoms with Gasteiger partial charge in [-0.05, 0) is 36.1 Å². The maximum atomic E-state index is 13.3. The molecule has 1 N–H and O–H groups in total. The molecule has 0 amide bonds. The molecule has 1 aliphatic carbocycles. The van der Waals surface area contributed by atoms with Crippen LogP contribution in [-0.4, -0.2) is 17.2 Å². The minimum atomic E-state index is -1.89. The molecule has 1 aromatic rings. The fourth-order valence-electron chi connectivity index (χ4n) is 2.10. The Morgan fingerprint density at radius 1 is 1.53 bits per heavy atom. The van der Waals surface area contributed by atoms with E-state index >= 15 is 0 Å². The maximum absolute atomic E-state index is 13.3. The summed E-state index contributed by atoms with van der Waals surface area (Å²) in [6.45, 7) is 0. The number of carboxylic acids is 1. The van der Waals surface area contributed by atoms with Gasteiger partial charge in [-0.15, -0.1) is 0 Å². The summed E-state index contributed by atoms with van der Waals surface area (Å²) in [5.41, 5.74) is 1.36. The number of aliphatic carboxylic acids is 1. The Morgan fingerprint density at radius 3 is 2.93 bits per heavy atom. The largest absolute Gasteiger partial charge is 0.479 e. The average Bonchev–Trinajstić information content (AvgIpc) is 2.59. The lowest BCUT2D eigenvalue weighted by molar-refractivity contribution is -0.143. The number of carbonyl (C=O) groups is 1. The number of halogens is 2. The van der Waals surface area contributed by atoms with Gasteiger partial charge in [0.1, 0.15) is 5.82 Å². The van der Waals surface area contributed by atoms with E-state index < -0.39 is 18.1 Å². The number of hydrogen-bond donors (Lipinski definition) is 1. The predicted octanol–water partition coefficient (Wildman–Crippen LogP) is 2.28. The zero-order chi connectivity index (χ0) is 11.0. The molecule has 0 spiro atoms. The van der Waals surface area contributed by atoms with Crippen LogP contribution in [0.2, 0.25) is 0 Å².